The molecule has 36 heavy (non-hydrogen) atoms. The van der Waals surface area contributed by atoms with E-state index in [9.17, 15) is 9.18 Å². The molecule has 1 atom stereocenters. The largest absolute Gasteiger partial charge is 0.464 e. The van der Waals surface area contributed by atoms with Crippen molar-refractivity contribution < 1.29 is 8.81 Å². The predicted octanol–water partition coefficient (Wildman–Crippen LogP) is 4.60. The number of hydrogen-bond acceptors (Lipinski definition) is 7. The SMILES string of the molecule is O=c1c(C(c2nnnn2C2CCCC2)N2CCN(c3ccc(F)cc3)CC2)coc2ccc(Cl)cc12. The Kier molecular flexibility index (Phi) is 6.18. The Labute approximate surface area is 212 Å². The maximum absolute atomic E-state index is 13.7. The van der Waals surface area contributed by atoms with Crippen LogP contribution in [0, 0.1) is 5.82 Å². The first kappa shape index (κ1) is 23.1. The van der Waals surface area contributed by atoms with Crippen molar-refractivity contribution in [3.8, 4) is 0 Å². The van der Waals surface area contributed by atoms with Gasteiger partial charge in [0.2, 0.25) is 0 Å². The van der Waals surface area contributed by atoms with Crippen molar-refractivity contribution in [3.05, 3.63) is 81.2 Å². The van der Waals surface area contributed by atoms with Crippen LogP contribution in [0.15, 0.2) is 57.9 Å². The number of benzene rings is 2. The number of aromatic nitrogens is 4. The molecule has 6 rings (SSSR count). The van der Waals surface area contributed by atoms with E-state index in [-0.39, 0.29) is 17.3 Å². The Morgan fingerprint density at radius 3 is 2.53 bits per heavy atom. The molecule has 2 aliphatic rings. The van der Waals surface area contributed by atoms with Crippen molar-refractivity contribution >= 4 is 28.3 Å². The zero-order valence-corrected chi connectivity index (χ0v) is 20.4. The van der Waals surface area contributed by atoms with Crippen molar-refractivity contribution in [2.24, 2.45) is 0 Å². The lowest BCUT2D eigenvalue weighted by Crippen LogP contribution is -2.49. The number of rotatable bonds is 5. The topological polar surface area (TPSA) is 80.3 Å². The summed E-state index contributed by atoms with van der Waals surface area (Å²) >= 11 is 6.21. The Hall–Kier alpha value is -3.30. The van der Waals surface area contributed by atoms with Gasteiger partial charge in [-0.2, -0.15) is 0 Å². The molecule has 10 heteroatoms. The lowest BCUT2D eigenvalue weighted by molar-refractivity contribution is 0.195. The summed E-state index contributed by atoms with van der Waals surface area (Å²) in [6.45, 7) is 2.79. The van der Waals surface area contributed by atoms with Crippen LogP contribution in [-0.2, 0) is 0 Å². The van der Waals surface area contributed by atoms with Gasteiger partial charge in [-0.1, -0.05) is 24.4 Å². The second-order valence-corrected chi connectivity index (χ2v) is 9.92. The molecule has 8 nitrogen and oxygen atoms in total. The molecule has 1 aliphatic carbocycles. The van der Waals surface area contributed by atoms with Gasteiger partial charge in [0.1, 0.15) is 23.7 Å². The van der Waals surface area contributed by atoms with E-state index in [1.165, 1.54) is 12.1 Å². The van der Waals surface area contributed by atoms with E-state index in [1.807, 2.05) is 4.68 Å². The summed E-state index contributed by atoms with van der Waals surface area (Å²) in [5.41, 5.74) is 1.83. The standard InChI is InChI=1S/C26H26ClFN6O2/c27-17-5-10-23-21(15-17)25(35)22(16-36-23)24(26-29-30-31-34(26)20-3-1-2-4-20)33-13-11-32(12-14-33)19-8-6-18(28)7-9-19/h5-10,15-16,20,24H,1-4,11-14H2. The summed E-state index contributed by atoms with van der Waals surface area (Å²) in [4.78, 5) is 18.2. The van der Waals surface area contributed by atoms with Gasteiger partial charge in [-0.25, -0.2) is 9.07 Å². The first-order chi connectivity index (χ1) is 17.6. The minimum absolute atomic E-state index is 0.134. The van der Waals surface area contributed by atoms with Gasteiger partial charge in [0.05, 0.1) is 17.0 Å². The van der Waals surface area contributed by atoms with Crippen molar-refractivity contribution in [3.63, 3.8) is 0 Å². The summed E-state index contributed by atoms with van der Waals surface area (Å²) in [7, 11) is 0. The zero-order valence-electron chi connectivity index (χ0n) is 19.7. The van der Waals surface area contributed by atoms with Crippen LogP contribution in [0.25, 0.3) is 11.0 Å². The van der Waals surface area contributed by atoms with E-state index in [1.54, 1.807) is 36.6 Å². The molecule has 3 heterocycles. The first-order valence-corrected chi connectivity index (χ1v) is 12.7. The average molecular weight is 509 g/mol. The van der Waals surface area contributed by atoms with Crippen LogP contribution in [-0.4, -0.2) is 51.3 Å². The van der Waals surface area contributed by atoms with E-state index in [0.717, 1.165) is 44.5 Å². The highest BCUT2D eigenvalue weighted by atomic mass is 35.5. The summed E-state index contributed by atoms with van der Waals surface area (Å²) in [5.74, 6) is 0.408. The Balaban J connectivity index is 1.39. The number of anilines is 1. The summed E-state index contributed by atoms with van der Waals surface area (Å²) < 4.78 is 21.2. The highest BCUT2D eigenvalue weighted by Gasteiger charge is 2.35. The molecule has 0 bridgehead atoms. The second kappa shape index (κ2) is 9.63. The van der Waals surface area contributed by atoms with Crippen LogP contribution < -0.4 is 10.3 Å². The van der Waals surface area contributed by atoms with Gasteiger partial charge < -0.3 is 9.32 Å². The van der Waals surface area contributed by atoms with Crippen molar-refractivity contribution in [1.82, 2.24) is 25.1 Å². The van der Waals surface area contributed by atoms with E-state index < -0.39 is 6.04 Å². The Bertz CT molecular complexity index is 1420. The van der Waals surface area contributed by atoms with Crippen LogP contribution in [0.3, 0.4) is 0 Å². The van der Waals surface area contributed by atoms with Crippen LogP contribution >= 0.6 is 11.6 Å². The van der Waals surface area contributed by atoms with Gasteiger partial charge in [0.15, 0.2) is 11.3 Å². The Morgan fingerprint density at radius 1 is 1.03 bits per heavy atom. The third-order valence-corrected chi connectivity index (χ3v) is 7.60. The number of fused-ring (bicyclic) bond motifs is 1. The van der Waals surface area contributed by atoms with Gasteiger partial charge in [-0.05, 0) is 65.7 Å². The minimum atomic E-state index is -0.462. The van der Waals surface area contributed by atoms with E-state index in [4.69, 9.17) is 16.0 Å². The fraction of sp³-hybridized carbons (Fsp3) is 0.385. The second-order valence-electron chi connectivity index (χ2n) is 9.48. The van der Waals surface area contributed by atoms with Gasteiger partial charge in [0.25, 0.3) is 0 Å². The maximum atomic E-state index is 13.7. The molecule has 1 unspecified atom stereocenters. The first-order valence-electron chi connectivity index (χ1n) is 12.3. The van der Waals surface area contributed by atoms with E-state index in [2.05, 4.69) is 25.3 Å². The zero-order chi connectivity index (χ0) is 24.6. The smallest absolute Gasteiger partial charge is 0.197 e. The number of piperazine rings is 1. The van der Waals surface area contributed by atoms with Gasteiger partial charge in [-0.3, -0.25) is 9.69 Å². The molecule has 2 fully saturated rings. The normalized spacial score (nSPS) is 18.2. The predicted molar refractivity (Wildman–Crippen MR) is 135 cm³/mol. The van der Waals surface area contributed by atoms with Crippen LogP contribution in [0.5, 0.6) is 0 Å². The average Bonchev–Trinajstić information content (AvgIpc) is 3.59. The quantitative estimate of drug-likeness (QED) is 0.390. The Morgan fingerprint density at radius 2 is 1.78 bits per heavy atom. The number of nitrogens with zero attached hydrogens (tertiary/aromatic N) is 6. The summed E-state index contributed by atoms with van der Waals surface area (Å²) in [5, 5.41) is 13.7. The van der Waals surface area contributed by atoms with Gasteiger partial charge in [0, 0.05) is 36.9 Å². The molecule has 0 N–H and O–H groups in total. The molecule has 1 saturated heterocycles. The van der Waals surface area contributed by atoms with Crippen LogP contribution in [0.4, 0.5) is 10.1 Å². The maximum Gasteiger partial charge on any atom is 0.197 e. The fourth-order valence-corrected chi connectivity index (χ4v) is 5.66. The lowest BCUT2D eigenvalue weighted by atomic mass is 10.0. The molecule has 1 aliphatic heterocycles. The molecular formula is C26H26ClFN6O2. The third kappa shape index (κ3) is 4.26. The van der Waals surface area contributed by atoms with Gasteiger partial charge >= 0.3 is 0 Å². The number of halogens is 2. The molecule has 0 radical (unpaired) electrons. The third-order valence-electron chi connectivity index (χ3n) is 7.36. The van der Waals surface area contributed by atoms with Crippen molar-refractivity contribution in [2.45, 2.75) is 37.8 Å². The van der Waals surface area contributed by atoms with Crippen molar-refractivity contribution in [2.75, 3.05) is 31.1 Å². The molecule has 1 saturated carbocycles. The summed E-state index contributed by atoms with van der Waals surface area (Å²) in [6, 6.07) is 11.4. The molecule has 4 aromatic rings. The summed E-state index contributed by atoms with van der Waals surface area (Å²) in [6.07, 6.45) is 5.86. The monoisotopic (exact) mass is 508 g/mol. The fourth-order valence-electron chi connectivity index (χ4n) is 5.49. The number of tetrazole rings is 1. The molecule has 0 spiro atoms. The molecule has 186 valence electrons. The molecule has 0 amide bonds. The van der Waals surface area contributed by atoms with E-state index in [0.29, 0.717) is 40.5 Å². The van der Waals surface area contributed by atoms with Crippen LogP contribution in [0.1, 0.15) is 49.2 Å². The highest BCUT2D eigenvalue weighted by molar-refractivity contribution is 6.31. The van der Waals surface area contributed by atoms with Crippen LogP contribution in [0.2, 0.25) is 5.02 Å². The molecule has 2 aromatic heterocycles. The van der Waals surface area contributed by atoms with Gasteiger partial charge in [-0.15, -0.1) is 5.10 Å². The minimum Gasteiger partial charge on any atom is -0.464 e. The van der Waals surface area contributed by atoms with E-state index >= 15 is 0 Å². The number of hydrogen-bond donors (Lipinski definition) is 0. The molecule has 2 aromatic carbocycles. The highest BCUT2D eigenvalue weighted by Crippen LogP contribution is 2.34. The lowest BCUT2D eigenvalue weighted by Gasteiger charge is -2.39. The molecular weight excluding hydrogens is 483 g/mol. The van der Waals surface area contributed by atoms with Crippen molar-refractivity contribution in [1.29, 1.82) is 0 Å².